The fourth-order valence-electron chi connectivity index (χ4n) is 3.44. The van der Waals surface area contributed by atoms with E-state index in [2.05, 4.69) is 13.8 Å². The molecule has 0 amide bonds. The summed E-state index contributed by atoms with van der Waals surface area (Å²) in [5.74, 6) is -2.30. The van der Waals surface area contributed by atoms with E-state index in [0.29, 0.717) is 6.42 Å². The van der Waals surface area contributed by atoms with Crippen molar-refractivity contribution in [3.8, 4) is 0 Å². The number of unbranched alkanes of at least 4 members (excludes halogenated alkanes) is 8. The van der Waals surface area contributed by atoms with Gasteiger partial charge >= 0.3 is 11.9 Å². The van der Waals surface area contributed by atoms with Crippen molar-refractivity contribution < 1.29 is 19.8 Å². The van der Waals surface area contributed by atoms with E-state index in [1.165, 1.54) is 44.6 Å². The zero-order valence-corrected chi connectivity index (χ0v) is 16.4. The Morgan fingerprint density at radius 2 is 1.31 bits per heavy atom. The monoisotopic (exact) mass is 362 g/mol. The topological polar surface area (TPSA) is 74.6 Å². The average molecular weight is 363 g/mol. The van der Waals surface area contributed by atoms with Crippen molar-refractivity contribution in [3.05, 3.63) is 34.4 Å². The van der Waals surface area contributed by atoms with E-state index in [4.69, 9.17) is 0 Å². The molecule has 2 N–H and O–H groups in total. The number of hydrogen-bond acceptors (Lipinski definition) is 2. The van der Waals surface area contributed by atoms with Crippen LogP contribution in [0.15, 0.2) is 12.1 Å². The second-order valence-corrected chi connectivity index (χ2v) is 7.06. The molecule has 0 saturated carbocycles. The molecular formula is C22H34O4. The summed E-state index contributed by atoms with van der Waals surface area (Å²) in [5, 5.41) is 18.9. The number of benzene rings is 1. The molecule has 0 aromatic heterocycles. The van der Waals surface area contributed by atoms with Crippen LogP contribution in [0.25, 0.3) is 0 Å². The first-order valence-electron chi connectivity index (χ1n) is 10.1. The standard InChI is InChI=1S/C22H34O4/c1-3-5-7-8-9-10-11-12-13-17-15-16-19(21(23)24)20(22(25)26)18(17)14-6-4-2/h15-16H,3-14H2,1-2H3,(H,23,24)(H,25,26). The van der Waals surface area contributed by atoms with Gasteiger partial charge in [-0.25, -0.2) is 9.59 Å². The predicted molar refractivity (Wildman–Crippen MR) is 105 cm³/mol. The van der Waals surface area contributed by atoms with Gasteiger partial charge in [0.15, 0.2) is 0 Å². The molecule has 4 nitrogen and oxygen atoms in total. The summed E-state index contributed by atoms with van der Waals surface area (Å²) in [4.78, 5) is 23.1. The second kappa shape index (κ2) is 12.5. The highest BCUT2D eigenvalue weighted by Crippen LogP contribution is 2.24. The first kappa shape index (κ1) is 22.2. The van der Waals surface area contributed by atoms with Crippen LogP contribution in [0.4, 0.5) is 0 Å². The molecule has 0 aliphatic carbocycles. The minimum absolute atomic E-state index is 0.0111. The number of carbonyl (C=O) groups is 2. The van der Waals surface area contributed by atoms with E-state index in [1.54, 1.807) is 0 Å². The van der Waals surface area contributed by atoms with E-state index in [1.807, 2.05) is 6.07 Å². The Labute approximate surface area is 157 Å². The molecule has 0 atom stereocenters. The fraction of sp³-hybridized carbons (Fsp3) is 0.636. The van der Waals surface area contributed by atoms with Crippen molar-refractivity contribution in [2.24, 2.45) is 0 Å². The van der Waals surface area contributed by atoms with Gasteiger partial charge in [-0.2, -0.15) is 0 Å². The third-order valence-corrected chi connectivity index (χ3v) is 4.93. The van der Waals surface area contributed by atoms with Gasteiger partial charge in [-0.3, -0.25) is 0 Å². The highest BCUT2D eigenvalue weighted by molar-refractivity contribution is 6.03. The van der Waals surface area contributed by atoms with Gasteiger partial charge in [0.05, 0.1) is 11.1 Å². The maximum absolute atomic E-state index is 11.7. The lowest BCUT2D eigenvalue weighted by Gasteiger charge is -2.15. The SMILES string of the molecule is CCCCCCCCCCc1ccc(C(=O)O)c(C(=O)O)c1CCCC. The Balaban J connectivity index is 2.75. The smallest absolute Gasteiger partial charge is 0.336 e. The van der Waals surface area contributed by atoms with E-state index >= 15 is 0 Å². The summed E-state index contributed by atoms with van der Waals surface area (Å²) in [7, 11) is 0. The molecular weight excluding hydrogens is 328 g/mol. The minimum Gasteiger partial charge on any atom is -0.478 e. The third-order valence-electron chi connectivity index (χ3n) is 4.93. The summed E-state index contributed by atoms with van der Waals surface area (Å²) < 4.78 is 0. The number of carboxylic acid groups (broad SMARTS) is 2. The minimum atomic E-state index is -1.17. The molecule has 0 fully saturated rings. The third kappa shape index (κ3) is 7.19. The lowest BCUT2D eigenvalue weighted by Crippen LogP contribution is -2.14. The summed E-state index contributed by atoms with van der Waals surface area (Å²) in [6.45, 7) is 4.27. The van der Waals surface area contributed by atoms with Crippen LogP contribution in [0.2, 0.25) is 0 Å². The highest BCUT2D eigenvalue weighted by Gasteiger charge is 2.22. The summed E-state index contributed by atoms with van der Waals surface area (Å²) in [6.07, 6.45) is 13.1. The predicted octanol–water partition coefficient (Wildman–Crippen LogP) is 6.11. The van der Waals surface area contributed by atoms with Crippen LogP contribution in [0.1, 0.15) is 110 Å². The van der Waals surface area contributed by atoms with E-state index < -0.39 is 11.9 Å². The zero-order valence-electron chi connectivity index (χ0n) is 16.4. The Morgan fingerprint density at radius 1 is 0.731 bits per heavy atom. The largest absolute Gasteiger partial charge is 0.478 e. The van der Waals surface area contributed by atoms with Gasteiger partial charge in [0.2, 0.25) is 0 Å². The molecule has 0 aliphatic heterocycles. The molecule has 0 radical (unpaired) electrons. The average Bonchev–Trinajstić information content (AvgIpc) is 2.61. The second-order valence-electron chi connectivity index (χ2n) is 7.06. The maximum atomic E-state index is 11.7. The molecule has 0 aliphatic rings. The molecule has 0 spiro atoms. The molecule has 0 bridgehead atoms. The molecule has 1 aromatic carbocycles. The van der Waals surface area contributed by atoms with Crippen molar-refractivity contribution in [1.29, 1.82) is 0 Å². The quantitative estimate of drug-likeness (QED) is 0.392. The molecule has 4 heteroatoms. The number of hydrogen-bond donors (Lipinski definition) is 2. The van der Waals surface area contributed by atoms with Crippen molar-refractivity contribution in [2.45, 2.75) is 90.9 Å². The molecule has 1 rings (SSSR count). The fourth-order valence-corrected chi connectivity index (χ4v) is 3.44. The van der Waals surface area contributed by atoms with E-state index in [9.17, 15) is 19.8 Å². The number of rotatable bonds is 14. The van der Waals surface area contributed by atoms with Crippen LogP contribution in [-0.4, -0.2) is 22.2 Å². The first-order chi connectivity index (χ1) is 12.5. The maximum Gasteiger partial charge on any atom is 0.336 e. The van der Waals surface area contributed by atoms with Crippen LogP contribution in [0.5, 0.6) is 0 Å². The van der Waals surface area contributed by atoms with Crippen molar-refractivity contribution in [3.63, 3.8) is 0 Å². The van der Waals surface area contributed by atoms with Gasteiger partial charge < -0.3 is 10.2 Å². The van der Waals surface area contributed by atoms with Crippen LogP contribution in [0, 0.1) is 0 Å². The van der Waals surface area contributed by atoms with Gasteiger partial charge in [-0.05, 0) is 42.9 Å². The Hall–Kier alpha value is -1.84. The van der Waals surface area contributed by atoms with E-state index in [0.717, 1.165) is 43.2 Å². The van der Waals surface area contributed by atoms with Crippen molar-refractivity contribution >= 4 is 11.9 Å². The number of aromatic carboxylic acids is 2. The van der Waals surface area contributed by atoms with Gasteiger partial charge in [0.25, 0.3) is 0 Å². The van der Waals surface area contributed by atoms with Crippen LogP contribution in [-0.2, 0) is 12.8 Å². The summed E-state index contributed by atoms with van der Waals surface area (Å²) in [5.41, 5.74) is 1.63. The lowest BCUT2D eigenvalue weighted by molar-refractivity contribution is 0.0650. The highest BCUT2D eigenvalue weighted by atomic mass is 16.4. The summed E-state index contributed by atoms with van der Waals surface area (Å²) >= 11 is 0. The Bertz CT molecular complexity index is 578. The zero-order chi connectivity index (χ0) is 19.4. The van der Waals surface area contributed by atoms with Crippen molar-refractivity contribution in [2.75, 3.05) is 0 Å². The lowest BCUT2D eigenvalue weighted by atomic mass is 9.89. The molecule has 146 valence electrons. The first-order valence-corrected chi connectivity index (χ1v) is 10.1. The number of aryl methyl sites for hydroxylation is 1. The Kier molecular flexibility index (Phi) is 10.7. The van der Waals surface area contributed by atoms with Crippen LogP contribution in [0.3, 0.4) is 0 Å². The molecule has 0 saturated heterocycles. The number of carboxylic acids is 2. The van der Waals surface area contributed by atoms with Gasteiger partial charge in [0.1, 0.15) is 0 Å². The van der Waals surface area contributed by atoms with Gasteiger partial charge in [0, 0.05) is 0 Å². The van der Waals surface area contributed by atoms with Gasteiger partial charge in [-0.1, -0.05) is 71.3 Å². The molecule has 0 unspecified atom stereocenters. The van der Waals surface area contributed by atoms with Crippen LogP contribution >= 0.6 is 0 Å². The summed E-state index contributed by atoms with van der Waals surface area (Å²) in [6, 6.07) is 3.28. The van der Waals surface area contributed by atoms with Crippen LogP contribution < -0.4 is 0 Å². The van der Waals surface area contributed by atoms with Gasteiger partial charge in [-0.15, -0.1) is 0 Å². The van der Waals surface area contributed by atoms with Crippen molar-refractivity contribution in [1.82, 2.24) is 0 Å². The molecule has 0 heterocycles. The molecule has 1 aromatic rings. The Morgan fingerprint density at radius 3 is 1.85 bits per heavy atom. The normalized spacial score (nSPS) is 10.8. The van der Waals surface area contributed by atoms with E-state index in [-0.39, 0.29) is 11.1 Å². The molecule has 26 heavy (non-hydrogen) atoms.